The summed E-state index contributed by atoms with van der Waals surface area (Å²) < 4.78 is 0. The summed E-state index contributed by atoms with van der Waals surface area (Å²) >= 11 is 6.03. The summed E-state index contributed by atoms with van der Waals surface area (Å²) in [5, 5.41) is 10.6. The molecule has 106 valence electrons. The number of para-hydroxylation sites is 1. The van der Waals surface area contributed by atoms with Crippen LogP contribution in [0.25, 0.3) is 22.0 Å². The van der Waals surface area contributed by atoms with Crippen LogP contribution in [-0.2, 0) is 0 Å². The molecule has 3 nitrogen and oxygen atoms in total. The smallest absolute Gasteiger partial charge is 0.189 e. The van der Waals surface area contributed by atoms with E-state index in [9.17, 15) is 9.90 Å². The Morgan fingerprint density at radius 1 is 1.10 bits per heavy atom. The lowest BCUT2D eigenvalue weighted by Gasteiger charge is -2.11. The van der Waals surface area contributed by atoms with Gasteiger partial charge in [0.1, 0.15) is 5.75 Å². The standard InChI is InChI=1S/C17H14ClNO2/c1-9-6-16(21)14(18)8-13(9)11-4-3-5-12-15(20)7-10(2)19-17(11)12/h3-8,21H,1-2H3,(H,19,20). The largest absolute Gasteiger partial charge is 0.506 e. The summed E-state index contributed by atoms with van der Waals surface area (Å²) in [4.78, 5) is 15.4. The molecular formula is C17H14ClNO2. The predicted molar refractivity (Wildman–Crippen MR) is 86.2 cm³/mol. The van der Waals surface area contributed by atoms with Gasteiger partial charge >= 0.3 is 0 Å². The molecule has 3 rings (SSSR count). The number of phenols is 1. The van der Waals surface area contributed by atoms with E-state index in [2.05, 4.69) is 4.98 Å². The number of aryl methyl sites for hydroxylation is 2. The second kappa shape index (κ2) is 4.93. The van der Waals surface area contributed by atoms with Crippen molar-refractivity contribution in [1.82, 2.24) is 4.98 Å². The highest BCUT2D eigenvalue weighted by molar-refractivity contribution is 6.32. The molecule has 4 heteroatoms. The molecule has 0 unspecified atom stereocenters. The SMILES string of the molecule is Cc1cc(=O)c2cccc(-c3cc(Cl)c(O)cc3C)c2[nH]1. The summed E-state index contributed by atoms with van der Waals surface area (Å²) in [5.41, 5.74) is 4.27. The molecule has 1 aromatic heterocycles. The Bertz CT molecular complexity index is 913. The number of phenolic OH excluding ortho intramolecular Hbond substituents is 1. The lowest BCUT2D eigenvalue weighted by atomic mass is 9.97. The van der Waals surface area contributed by atoms with Crippen LogP contribution in [0.15, 0.2) is 41.2 Å². The molecule has 0 saturated carbocycles. The third-order valence-corrected chi connectivity index (χ3v) is 3.89. The first-order valence-electron chi connectivity index (χ1n) is 6.59. The minimum absolute atomic E-state index is 0.00868. The Morgan fingerprint density at radius 2 is 1.86 bits per heavy atom. The van der Waals surface area contributed by atoms with E-state index in [-0.39, 0.29) is 11.2 Å². The third kappa shape index (κ3) is 2.30. The van der Waals surface area contributed by atoms with Gasteiger partial charge in [0, 0.05) is 22.7 Å². The van der Waals surface area contributed by atoms with Gasteiger partial charge in [0.15, 0.2) is 5.43 Å². The van der Waals surface area contributed by atoms with Crippen molar-refractivity contribution >= 4 is 22.5 Å². The van der Waals surface area contributed by atoms with Crippen LogP contribution < -0.4 is 5.43 Å². The number of aromatic hydroxyl groups is 1. The first kappa shape index (κ1) is 13.7. The first-order valence-corrected chi connectivity index (χ1v) is 6.97. The van der Waals surface area contributed by atoms with Crippen LogP contribution in [-0.4, -0.2) is 10.1 Å². The molecule has 1 heterocycles. The Morgan fingerprint density at radius 3 is 2.62 bits per heavy atom. The lowest BCUT2D eigenvalue weighted by Crippen LogP contribution is -2.03. The van der Waals surface area contributed by atoms with Gasteiger partial charge in [-0.1, -0.05) is 23.7 Å². The summed E-state index contributed by atoms with van der Waals surface area (Å²) in [7, 11) is 0. The van der Waals surface area contributed by atoms with Crippen molar-refractivity contribution < 1.29 is 5.11 Å². The first-order chi connectivity index (χ1) is 9.97. The van der Waals surface area contributed by atoms with Gasteiger partial charge in [-0.15, -0.1) is 0 Å². The molecule has 21 heavy (non-hydrogen) atoms. The quantitative estimate of drug-likeness (QED) is 0.708. The van der Waals surface area contributed by atoms with E-state index in [4.69, 9.17) is 11.6 Å². The van der Waals surface area contributed by atoms with Crippen LogP contribution in [0.3, 0.4) is 0 Å². The molecule has 0 bridgehead atoms. The number of rotatable bonds is 1. The Balaban J connectivity index is 2.41. The van der Waals surface area contributed by atoms with Gasteiger partial charge < -0.3 is 10.1 Å². The van der Waals surface area contributed by atoms with Crippen molar-refractivity contribution in [3.05, 3.63) is 62.9 Å². The number of benzene rings is 2. The van der Waals surface area contributed by atoms with Crippen LogP contribution in [0, 0.1) is 13.8 Å². The van der Waals surface area contributed by atoms with E-state index in [0.29, 0.717) is 10.4 Å². The van der Waals surface area contributed by atoms with Crippen LogP contribution >= 0.6 is 11.6 Å². The highest BCUT2D eigenvalue weighted by atomic mass is 35.5. The van der Waals surface area contributed by atoms with Crippen LogP contribution in [0.4, 0.5) is 0 Å². The van der Waals surface area contributed by atoms with Gasteiger partial charge in [0.05, 0.1) is 10.5 Å². The Hall–Kier alpha value is -2.26. The van der Waals surface area contributed by atoms with E-state index in [1.165, 1.54) is 0 Å². The number of H-pyrrole nitrogens is 1. The zero-order valence-corrected chi connectivity index (χ0v) is 12.5. The second-order valence-electron chi connectivity index (χ2n) is 5.16. The van der Waals surface area contributed by atoms with Crippen LogP contribution in [0.2, 0.25) is 5.02 Å². The average Bonchev–Trinajstić information content (AvgIpc) is 2.42. The second-order valence-corrected chi connectivity index (χ2v) is 5.57. The number of pyridine rings is 1. The van der Waals surface area contributed by atoms with E-state index in [0.717, 1.165) is 27.9 Å². The zero-order chi connectivity index (χ0) is 15.1. The van der Waals surface area contributed by atoms with Gasteiger partial charge in [-0.25, -0.2) is 0 Å². The normalized spacial score (nSPS) is 11.0. The molecule has 0 fully saturated rings. The van der Waals surface area contributed by atoms with Gasteiger partial charge in [0.25, 0.3) is 0 Å². The summed E-state index contributed by atoms with van der Waals surface area (Å²) in [6.07, 6.45) is 0. The number of hydrogen-bond acceptors (Lipinski definition) is 2. The number of nitrogens with one attached hydrogen (secondary N) is 1. The summed E-state index contributed by atoms with van der Waals surface area (Å²) in [6, 6.07) is 10.5. The average molecular weight is 300 g/mol. The molecular weight excluding hydrogens is 286 g/mol. The van der Waals surface area contributed by atoms with Crippen molar-refractivity contribution in [3.8, 4) is 16.9 Å². The molecule has 2 aromatic carbocycles. The maximum atomic E-state index is 12.1. The van der Waals surface area contributed by atoms with E-state index >= 15 is 0 Å². The molecule has 0 aliphatic carbocycles. The number of fused-ring (bicyclic) bond motifs is 1. The van der Waals surface area contributed by atoms with Crippen molar-refractivity contribution in [2.24, 2.45) is 0 Å². The highest BCUT2D eigenvalue weighted by Gasteiger charge is 2.11. The molecule has 0 atom stereocenters. The van der Waals surface area contributed by atoms with Gasteiger partial charge in [0.2, 0.25) is 0 Å². The minimum Gasteiger partial charge on any atom is -0.506 e. The molecule has 0 spiro atoms. The van der Waals surface area contributed by atoms with Crippen LogP contribution in [0.1, 0.15) is 11.3 Å². The van der Waals surface area contributed by atoms with Gasteiger partial charge in [-0.3, -0.25) is 4.79 Å². The number of halogens is 1. The van der Waals surface area contributed by atoms with Gasteiger partial charge in [-0.2, -0.15) is 0 Å². The molecule has 2 N–H and O–H groups in total. The molecule has 0 radical (unpaired) electrons. The fraction of sp³-hybridized carbons (Fsp3) is 0.118. The zero-order valence-electron chi connectivity index (χ0n) is 11.7. The van der Waals surface area contributed by atoms with E-state index < -0.39 is 0 Å². The highest BCUT2D eigenvalue weighted by Crippen LogP contribution is 2.35. The van der Waals surface area contributed by atoms with E-state index in [1.54, 1.807) is 24.3 Å². The van der Waals surface area contributed by atoms with Gasteiger partial charge in [-0.05, 0) is 43.2 Å². The minimum atomic E-state index is -0.00868. The summed E-state index contributed by atoms with van der Waals surface area (Å²) in [6.45, 7) is 3.76. The Labute approximate surface area is 126 Å². The van der Waals surface area contributed by atoms with Crippen LogP contribution in [0.5, 0.6) is 5.75 Å². The maximum absolute atomic E-state index is 12.1. The fourth-order valence-electron chi connectivity index (χ4n) is 2.58. The van der Waals surface area contributed by atoms with Crippen molar-refractivity contribution in [2.75, 3.05) is 0 Å². The number of hydrogen-bond donors (Lipinski definition) is 2. The van der Waals surface area contributed by atoms with Crippen molar-refractivity contribution in [3.63, 3.8) is 0 Å². The molecule has 0 aliphatic heterocycles. The monoisotopic (exact) mass is 299 g/mol. The molecule has 3 aromatic rings. The maximum Gasteiger partial charge on any atom is 0.189 e. The predicted octanol–water partition coefficient (Wildman–Crippen LogP) is 4.17. The number of aromatic nitrogens is 1. The molecule has 0 aliphatic rings. The third-order valence-electron chi connectivity index (χ3n) is 3.58. The van der Waals surface area contributed by atoms with Crippen molar-refractivity contribution in [2.45, 2.75) is 13.8 Å². The Kier molecular flexibility index (Phi) is 3.22. The topological polar surface area (TPSA) is 53.1 Å². The number of aromatic amines is 1. The summed E-state index contributed by atoms with van der Waals surface area (Å²) in [5.74, 6) is 0.0582. The fourth-order valence-corrected chi connectivity index (χ4v) is 2.74. The molecule has 0 saturated heterocycles. The van der Waals surface area contributed by atoms with E-state index in [1.807, 2.05) is 26.0 Å². The molecule has 0 amide bonds. The lowest BCUT2D eigenvalue weighted by molar-refractivity contribution is 0.475. The van der Waals surface area contributed by atoms with Crippen molar-refractivity contribution in [1.29, 1.82) is 0 Å².